The Bertz CT molecular complexity index is 661. The van der Waals surface area contributed by atoms with Crippen molar-refractivity contribution in [3.05, 3.63) is 29.3 Å². The second kappa shape index (κ2) is 4.95. The molecular weight excluding hydrogens is 270 g/mol. The highest BCUT2D eigenvalue weighted by atomic mass is 32.2. The van der Waals surface area contributed by atoms with Crippen LogP contribution in [0.3, 0.4) is 0 Å². The second-order valence-electron chi connectivity index (χ2n) is 4.33. The lowest BCUT2D eigenvalue weighted by atomic mass is 10.3. The molecule has 0 N–H and O–H groups in total. The van der Waals surface area contributed by atoms with Crippen molar-refractivity contribution in [1.29, 1.82) is 0 Å². The molecule has 0 saturated carbocycles. The van der Waals surface area contributed by atoms with E-state index < -0.39 is 15.4 Å². The van der Waals surface area contributed by atoms with Crippen LogP contribution in [0, 0.1) is 6.92 Å². The fourth-order valence-corrected chi connectivity index (χ4v) is 3.33. The van der Waals surface area contributed by atoms with Gasteiger partial charge in [0, 0.05) is 19.4 Å². The largest absolute Gasteiger partial charge is 0.748 e. The zero-order valence-electron chi connectivity index (χ0n) is 10.3. The molecule has 0 amide bonds. The number of hydrogen-bond acceptors (Lipinski definition) is 4. The van der Waals surface area contributed by atoms with Crippen LogP contribution in [0.1, 0.15) is 18.4 Å². The highest BCUT2D eigenvalue weighted by Crippen LogP contribution is 2.19. The van der Waals surface area contributed by atoms with Crippen LogP contribution in [0.25, 0.3) is 10.2 Å². The number of aryl methyl sites for hydroxylation is 2. The Hall–Kier alpha value is -0.980. The first kappa shape index (κ1) is 13.5. The molecule has 98 valence electrons. The van der Waals surface area contributed by atoms with Gasteiger partial charge in [-0.25, -0.2) is 8.42 Å². The van der Waals surface area contributed by atoms with Gasteiger partial charge in [0.2, 0.25) is 10.5 Å². The number of aromatic nitrogens is 1. The van der Waals surface area contributed by atoms with E-state index in [9.17, 15) is 13.0 Å². The van der Waals surface area contributed by atoms with E-state index in [1.807, 2.05) is 31.2 Å². The molecule has 0 aliphatic carbocycles. The number of para-hydroxylation sites is 1. The van der Waals surface area contributed by atoms with Crippen LogP contribution in [-0.2, 0) is 16.7 Å². The first-order valence-electron chi connectivity index (χ1n) is 5.72. The molecule has 0 fully saturated rings. The number of rotatable bonds is 4. The zero-order chi connectivity index (χ0) is 13.3. The molecule has 0 aliphatic heterocycles. The standard InChI is InChI=1S/C12H15NO3S2/c1-9(18(14,15)16)7-8-13-10(2)17-12-6-4-3-5-11(12)13/h3-6,9H,7-8H2,1-2H3/t9-/m0/s1. The number of benzene rings is 1. The van der Waals surface area contributed by atoms with Gasteiger partial charge in [-0.05, 0) is 13.0 Å². The highest BCUT2D eigenvalue weighted by molar-refractivity contribution is 7.86. The Balaban J connectivity index is 2.25. The van der Waals surface area contributed by atoms with Crippen molar-refractivity contribution >= 4 is 31.7 Å². The monoisotopic (exact) mass is 285 g/mol. The van der Waals surface area contributed by atoms with E-state index in [1.165, 1.54) is 11.6 Å². The van der Waals surface area contributed by atoms with Gasteiger partial charge in [0.05, 0.1) is 15.4 Å². The lowest BCUT2D eigenvalue weighted by molar-refractivity contribution is -0.673. The van der Waals surface area contributed by atoms with Crippen molar-refractivity contribution in [2.24, 2.45) is 0 Å². The summed E-state index contributed by atoms with van der Waals surface area (Å²) in [4.78, 5) is 0. The Morgan fingerprint density at radius 3 is 2.72 bits per heavy atom. The van der Waals surface area contributed by atoms with Crippen molar-refractivity contribution in [1.82, 2.24) is 0 Å². The van der Waals surface area contributed by atoms with E-state index in [0.29, 0.717) is 13.0 Å². The van der Waals surface area contributed by atoms with Gasteiger partial charge in [0.15, 0.2) is 6.54 Å². The van der Waals surface area contributed by atoms with Crippen molar-refractivity contribution in [2.75, 3.05) is 0 Å². The lowest BCUT2D eigenvalue weighted by Crippen LogP contribution is -2.37. The smallest absolute Gasteiger partial charge is 0.235 e. The molecular formula is C12H15NO3S2. The third-order valence-corrected chi connectivity index (χ3v) is 5.35. The maximum Gasteiger partial charge on any atom is 0.235 e. The quantitative estimate of drug-likeness (QED) is 0.636. The minimum atomic E-state index is -4.18. The van der Waals surface area contributed by atoms with Crippen molar-refractivity contribution in [2.45, 2.75) is 32.1 Å². The van der Waals surface area contributed by atoms with E-state index in [-0.39, 0.29) is 0 Å². The average Bonchev–Trinajstić information content (AvgIpc) is 2.60. The Kier molecular flexibility index (Phi) is 3.70. The van der Waals surface area contributed by atoms with Crippen molar-refractivity contribution in [3.63, 3.8) is 0 Å². The molecule has 1 aromatic carbocycles. The Morgan fingerprint density at radius 2 is 2.06 bits per heavy atom. The van der Waals surface area contributed by atoms with E-state index in [4.69, 9.17) is 0 Å². The van der Waals surface area contributed by atoms with Crippen LogP contribution in [0.5, 0.6) is 0 Å². The predicted molar refractivity (Wildman–Crippen MR) is 70.5 cm³/mol. The summed E-state index contributed by atoms with van der Waals surface area (Å²) in [6.45, 7) is 4.02. The highest BCUT2D eigenvalue weighted by Gasteiger charge is 2.19. The van der Waals surface area contributed by atoms with Crippen LogP contribution in [-0.4, -0.2) is 18.2 Å². The molecule has 2 rings (SSSR count). The third-order valence-electron chi connectivity index (χ3n) is 3.05. The molecule has 18 heavy (non-hydrogen) atoms. The van der Waals surface area contributed by atoms with Crippen LogP contribution < -0.4 is 4.57 Å². The predicted octanol–water partition coefficient (Wildman–Crippen LogP) is 1.82. The summed E-state index contributed by atoms with van der Waals surface area (Å²) in [5.74, 6) is 0. The van der Waals surface area contributed by atoms with Crippen molar-refractivity contribution < 1.29 is 17.5 Å². The maximum absolute atomic E-state index is 10.9. The van der Waals surface area contributed by atoms with E-state index >= 15 is 0 Å². The average molecular weight is 285 g/mol. The number of nitrogens with zero attached hydrogens (tertiary/aromatic N) is 1. The molecule has 0 radical (unpaired) electrons. The molecule has 1 aromatic heterocycles. The van der Waals surface area contributed by atoms with Gasteiger partial charge < -0.3 is 4.55 Å². The van der Waals surface area contributed by atoms with Crippen LogP contribution >= 0.6 is 11.3 Å². The summed E-state index contributed by atoms with van der Waals surface area (Å²) in [5.41, 5.74) is 1.09. The normalized spacial score (nSPS) is 13.9. The molecule has 0 unspecified atom stereocenters. The summed E-state index contributed by atoms with van der Waals surface area (Å²) in [7, 11) is -4.18. The zero-order valence-corrected chi connectivity index (χ0v) is 11.9. The molecule has 0 saturated heterocycles. The molecule has 4 nitrogen and oxygen atoms in total. The fourth-order valence-electron chi connectivity index (χ4n) is 1.88. The Morgan fingerprint density at radius 1 is 1.39 bits per heavy atom. The van der Waals surface area contributed by atoms with E-state index in [1.54, 1.807) is 11.3 Å². The molecule has 6 heteroatoms. The van der Waals surface area contributed by atoms with Gasteiger partial charge in [-0.1, -0.05) is 23.5 Å². The minimum absolute atomic E-state index is 0.345. The van der Waals surface area contributed by atoms with Gasteiger partial charge in [-0.3, -0.25) is 0 Å². The number of fused-ring (bicyclic) bond motifs is 1. The van der Waals surface area contributed by atoms with Gasteiger partial charge in [0.25, 0.3) is 0 Å². The van der Waals surface area contributed by atoms with E-state index in [0.717, 1.165) is 10.5 Å². The van der Waals surface area contributed by atoms with Gasteiger partial charge in [0.1, 0.15) is 4.70 Å². The summed E-state index contributed by atoms with van der Waals surface area (Å²) >= 11 is 1.67. The summed E-state index contributed by atoms with van der Waals surface area (Å²) in [5, 5.41) is 0.273. The maximum atomic E-state index is 10.9. The molecule has 2 aromatic rings. The van der Waals surface area contributed by atoms with Crippen LogP contribution in [0.2, 0.25) is 0 Å². The molecule has 0 spiro atoms. The second-order valence-corrected chi connectivity index (χ2v) is 7.36. The third kappa shape index (κ3) is 2.71. The summed E-state index contributed by atoms with van der Waals surface area (Å²) < 4.78 is 35.9. The van der Waals surface area contributed by atoms with Gasteiger partial charge in [-0.15, -0.1) is 0 Å². The van der Waals surface area contributed by atoms with Crippen molar-refractivity contribution in [3.8, 4) is 0 Å². The van der Waals surface area contributed by atoms with E-state index in [2.05, 4.69) is 4.57 Å². The number of hydrogen-bond donors (Lipinski definition) is 0. The summed E-state index contributed by atoms with van der Waals surface area (Å²) in [6.07, 6.45) is 0.345. The Labute approximate surface area is 111 Å². The lowest BCUT2D eigenvalue weighted by Gasteiger charge is -2.13. The first-order chi connectivity index (χ1) is 8.39. The molecule has 0 bridgehead atoms. The van der Waals surface area contributed by atoms with Crippen LogP contribution in [0.4, 0.5) is 0 Å². The van der Waals surface area contributed by atoms with Gasteiger partial charge >= 0.3 is 0 Å². The SMILES string of the molecule is Cc1sc2ccccc2[n+]1CC[C@H](C)S(=O)(=O)[O-]. The first-order valence-corrected chi connectivity index (χ1v) is 8.01. The minimum Gasteiger partial charge on any atom is -0.748 e. The molecule has 1 heterocycles. The molecule has 0 aliphatic rings. The van der Waals surface area contributed by atoms with Gasteiger partial charge in [-0.2, -0.15) is 4.57 Å². The topological polar surface area (TPSA) is 61.1 Å². The number of thiazole rings is 1. The van der Waals surface area contributed by atoms with Crippen LogP contribution in [0.15, 0.2) is 24.3 Å². The summed E-state index contributed by atoms with van der Waals surface area (Å²) in [6, 6.07) is 7.98. The fraction of sp³-hybridized carbons (Fsp3) is 0.417. The molecule has 1 atom stereocenters.